The van der Waals surface area contributed by atoms with Crippen LogP contribution in [0.4, 0.5) is 0 Å². The molecule has 1 heteroatoms. The van der Waals surface area contributed by atoms with E-state index in [0.29, 0.717) is 10.8 Å². The molecule has 0 amide bonds. The Bertz CT molecular complexity index is 160. The van der Waals surface area contributed by atoms with Crippen LogP contribution < -0.4 is 0 Å². The molecule has 11 heavy (non-hydrogen) atoms. The highest BCUT2D eigenvalue weighted by molar-refractivity contribution is 6.18. The number of halogens is 1. The summed E-state index contributed by atoms with van der Waals surface area (Å²) in [6, 6.07) is 0. The molecule has 0 bridgehead atoms. The highest BCUT2D eigenvalue weighted by atomic mass is 35.5. The number of rotatable bonds is 2. The van der Waals surface area contributed by atoms with E-state index in [9.17, 15) is 0 Å². The van der Waals surface area contributed by atoms with E-state index in [0.717, 1.165) is 17.7 Å². The second kappa shape index (κ2) is 2.39. The molecule has 0 aromatic carbocycles. The average Bonchev–Trinajstić information content (AvgIpc) is 2.29. The van der Waals surface area contributed by atoms with Crippen LogP contribution in [-0.4, -0.2) is 5.88 Å². The van der Waals surface area contributed by atoms with Crippen LogP contribution in [0.15, 0.2) is 0 Å². The van der Waals surface area contributed by atoms with Gasteiger partial charge in [0.15, 0.2) is 0 Å². The van der Waals surface area contributed by atoms with Crippen molar-refractivity contribution in [1.82, 2.24) is 0 Å². The fourth-order valence-corrected chi connectivity index (χ4v) is 3.34. The lowest BCUT2D eigenvalue weighted by molar-refractivity contribution is 0.304. The van der Waals surface area contributed by atoms with Gasteiger partial charge < -0.3 is 0 Å². The Hall–Kier alpha value is 0.290. The molecule has 1 aliphatic rings. The zero-order chi connectivity index (χ0) is 8.86. The largest absolute Gasteiger partial charge is 0.126 e. The Morgan fingerprint density at radius 2 is 1.73 bits per heavy atom. The van der Waals surface area contributed by atoms with Gasteiger partial charge >= 0.3 is 0 Å². The van der Waals surface area contributed by atoms with E-state index >= 15 is 0 Å². The van der Waals surface area contributed by atoms with Crippen LogP contribution in [0.3, 0.4) is 0 Å². The van der Waals surface area contributed by atoms with Gasteiger partial charge in [0.2, 0.25) is 0 Å². The Labute approximate surface area is 75.3 Å². The summed E-state index contributed by atoms with van der Waals surface area (Å²) in [6.45, 7) is 11.6. The van der Waals surface area contributed by atoms with Crippen molar-refractivity contribution in [3.8, 4) is 0 Å². The SMILES string of the molecule is CC(C)C1(C)C(CCl)C1(C)C. The maximum absolute atomic E-state index is 5.91. The van der Waals surface area contributed by atoms with Crippen LogP contribution in [-0.2, 0) is 0 Å². The second-order valence-electron chi connectivity index (χ2n) is 4.87. The average molecular weight is 175 g/mol. The predicted molar refractivity (Wildman–Crippen MR) is 50.9 cm³/mol. The monoisotopic (exact) mass is 174 g/mol. The van der Waals surface area contributed by atoms with Gasteiger partial charge in [0.25, 0.3) is 0 Å². The van der Waals surface area contributed by atoms with Crippen LogP contribution in [0.1, 0.15) is 34.6 Å². The molecule has 2 unspecified atom stereocenters. The minimum absolute atomic E-state index is 0.461. The summed E-state index contributed by atoms with van der Waals surface area (Å²) in [5.74, 6) is 2.29. The number of alkyl halides is 1. The lowest BCUT2D eigenvalue weighted by atomic mass is 9.86. The van der Waals surface area contributed by atoms with Gasteiger partial charge in [-0.05, 0) is 22.7 Å². The zero-order valence-electron chi connectivity index (χ0n) is 8.24. The van der Waals surface area contributed by atoms with Crippen molar-refractivity contribution >= 4 is 11.6 Å². The summed E-state index contributed by atoms with van der Waals surface area (Å²) in [4.78, 5) is 0. The Balaban J connectivity index is 2.78. The first-order chi connectivity index (χ1) is 4.89. The molecule has 0 N–H and O–H groups in total. The van der Waals surface area contributed by atoms with E-state index in [-0.39, 0.29) is 0 Å². The molecule has 0 spiro atoms. The molecule has 0 aromatic heterocycles. The topological polar surface area (TPSA) is 0 Å². The Morgan fingerprint density at radius 1 is 1.27 bits per heavy atom. The Morgan fingerprint density at radius 3 is 1.82 bits per heavy atom. The van der Waals surface area contributed by atoms with Crippen molar-refractivity contribution in [2.24, 2.45) is 22.7 Å². The van der Waals surface area contributed by atoms with E-state index in [4.69, 9.17) is 11.6 Å². The highest BCUT2D eigenvalue weighted by Crippen LogP contribution is 2.72. The molecule has 1 rings (SSSR count). The zero-order valence-corrected chi connectivity index (χ0v) is 9.00. The van der Waals surface area contributed by atoms with Gasteiger partial charge in [-0.3, -0.25) is 0 Å². The molecular weight excluding hydrogens is 156 g/mol. The van der Waals surface area contributed by atoms with E-state index in [1.54, 1.807) is 0 Å². The summed E-state index contributed by atoms with van der Waals surface area (Å²) in [5, 5.41) is 0. The molecule has 0 aliphatic heterocycles. The molecule has 1 fully saturated rings. The molecule has 0 saturated heterocycles. The molecule has 1 saturated carbocycles. The number of hydrogen-bond acceptors (Lipinski definition) is 0. The standard InChI is InChI=1S/C10H19Cl/c1-7(2)10(5)8(6-11)9(10,3)4/h7-8H,6H2,1-5H3. The van der Waals surface area contributed by atoms with Crippen molar-refractivity contribution in [1.29, 1.82) is 0 Å². The highest BCUT2D eigenvalue weighted by Gasteiger charge is 2.67. The molecule has 66 valence electrons. The third-order valence-corrected chi connectivity index (χ3v) is 4.56. The maximum atomic E-state index is 5.91. The summed E-state index contributed by atoms with van der Waals surface area (Å²) in [6.07, 6.45) is 0. The summed E-state index contributed by atoms with van der Waals surface area (Å²) in [7, 11) is 0. The van der Waals surface area contributed by atoms with Crippen LogP contribution in [0.2, 0.25) is 0 Å². The smallest absolute Gasteiger partial charge is 0.0262 e. The van der Waals surface area contributed by atoms with Gasteiger partial charge in [0, 0.05) is 5.88 Å². The van der Waals surface area contributed by atoms with E-state index < -0.39 is 0 Å². The van der Waals surface area contributed by atoms with Crippen molar-refractivity contribution in [2.75, 3.05) is 5.88 Å². The first-order valence-electron chi connectivity index (χ1n) is 4.45. The minimum Gasteiger partial charge on any atom is -0.126 e. The quantitative estimate of drug-likeness (QED) is 0.562. The van der Waals surface area contributed by atoms with Crippen LogP contribution >= 0.6 is 11.6 Å². The first-order valence-corrected chi connectivity index (χ1v) is 4.98. The molecular formula is C10H19Cl. The van der Waals surface area contributed by atoms with Gasteiger partial charge in [0.1, 0.15) is 0 Å². The van der Waals surface area contributed by atoms with E-state index in [1.807, 2.05) is 0 Å². The minimum atomic E-state index is 0.461. The lowest BCUT2D eigenvalue weighted by Crippen LogP contribution is -2.12. The fraction of sp³-hybridized carbons (Fsp3) is 1.00. The van der Waals surface area contributed by atoms with Gasteiger partial charge in [-0.15, -0.1) is 11.6 Å². The molecule has 0 nitrogen and oxygen atoms in total. The molecule has 0 radical (unpaired) electrons. The van der Waals surface area contributed by atoms with Crippen LogP contribution in [0, 0.1) is 22.7 Å². The second-order valence-corrected chi connectivity index (χ2v) is 5.17. The van der Waals surface area contributed by atoms with E-state index in [1.165, 1.54) is 0 Å². The predicted octanol–water partition coefficient (Wildman–Crippen LogP) is 3.54. The molecule has 2 atom stereocenters. The van der Waals surface area contributed by atoms with Gasteiger partial charge in [0.05, 0.1) is 0 Å². The van der Waals surface area contributed by atoms with Crippen molar-refractivity contribution in [3.05, 3.63) is 0 Å². The number of hydrogen-bond donors (Lipinski definition) is 0. The molecule has 0 aromatic rings. The normalized spacial score (nSPS) is 41.2. The van der Waals surface area contributed by atoms with Gasteiger partial charge in [-0.25, -0.2) is 0 Å². The van der Waals surface area contributed by atoms with Gasteiger partial charge in [-0.2, -0.15) is 0 Å². The van der Waals surface area contributed by atoms with Crippen LogP contribution in [0.5, 0.6) is 0 Å². The summed E-state index contributed by atoms with van der Waals surface area (Å²) >= 11 is 5.91. The molecule has 0 heterocycles. The fourth-order valence-electron chi connectivity index (χ4n) is 2.64. The van der Waals surface area contributed by atoms with Crippen LogP contribution in [0.25, 0.3) is 0 Å². The summed E-state index contributed by atoms with van der Waals surface area (Å²) < 4.78 is 0. The van der Waals surface area contributed by atoms with E-state index in [2.05, 4.69) is 34.6 Å². The first kappa shape index (κ1) is 9.38. The summed E-state index contributed by atoms with van der Waals surface area (Å²) in [5.41, 5.74) is 0.942. The van der Waals surface area contributed by atoms with Crippen molar-refractivity contribution < 1.29 is 0 Å². The third kappa shape index (κ3) is 0.950. The Kier molecular flexibility index (Phi) is 2.03. The van der Waals surface area contributed by atoms with Gasteiger partial charge in [-0.1, -0.05) is 34.6 Å². The van der Waals surface area contributed by atoms with Crippen molar-refractivity contribution in [3.63, 3.8) is 0 Å². The third-order valence-electron chi connectivity index (χ3n) is 4.25. The lowest BCUT2D eigenvalue weighted by Gasteiger charge is -2.18. The van der Waals surface area contributed by atoms with Crippen molar-refractivity contribution in [2.45, 2.75) is 34.6 Å². The maximum Gasteiger partial charge on any atom is 0.0262 e. The molecule has 1 aliphatic carbocycles.